The Balaban J connectivity index is 1.36. The molecular formula is C38H38N2O4PS+. The van der Waals surface area contributed by atoms with E-state index in [9.17, 15) is 14.4 Å². The summed E-state index contributed by atoms with van der Waals surface area (Å²) in [5.41, 5.74) is -0.728. The number of ether oxygens (including phenoxy) is 1. The maximum atomic E-state index is 14.1. The molecule has 0 saturated carbocycles. The van der Waals surface area contributed by atoms with Crippen molar-refractivity contribution in [3.05, 3.63) is 139 Å². The smallest absolute Gasteiger partial charge is 0.345 e. The van der Waals surface area contributed by atoms with E-state index in [0.717, 1.165) is 17.3 Å². The molecule has 6 rings (SSSR count). The van der Waals surface area contributed by atoms with Gasteiger partial charge in [0.05, 0.1) is 12.6 Å². The van der Waals surface area contributed by atoms with Crippen LogP contribution in [-0.2, 0) is 25.5 Å². The van der Waals surface area contributed by atoms with Crippen LogP contribution in [0.3, 0.4) is 0 Å². The molecule has 0 radical (unpaired) electrons. The van der Waals surface area contributed by atoms with Crippen LogP contribution in [0.5, 0.6) is 0 Å². The van der Waals surface area contributed by atoms with Gasteiger partial charge >= 0.3 is 5.97 Å². The number of esters is 1. The quantitative estimate of drug-likeness (QED) is 0.117. The minimum absolute atomic E-state index is 0.0510. The van der Waals surface area contributed by atoms with Crippen LogP contribution in [-0.4, -0.2) is 51.1 Å². The van der Waals surface area contributed by atoms with E-state index in [1.54, 1.807) is 25.7 Å². The first-order valence-corrected chi connectivity index (χ1v) is 18.4. The first-order valence-electron chi connectivity index (χ1n) is 15.4. The molecule has 0 bridgehead atoms. The lowest BCUT2D eigenvalue weighted by molar-refractivity contribution is -0.180. The third-order valence-electron chi connectivity index (χ3n) is 8.24. The van der Waals surface area contributed by atoms with Gasteiger partial charge in [-0.1, -0.05) is 84.9 Å². The van der Waals surface area contributed by atoms with E-state index in [-0.39, 0.29) is 6.42 Å². The number of amides is 2. The molecule has 1 saturated heterocycles. The van der Waals surface area contributed by atoms with Crippen LogP contribution in [0.4, 0.5) is 0 Å². The molecule has 1 N–H and O–H groups in total. The van der Waals surface area contributed by atoms with Crippen LogP contribution < -0.4 is 21.2 Å². The summed E-state index contributed by atoms with van der Waals surface area (Å²) in [5, 5.41) is 6.00. The molecule has 4 aromatic rings. The van der Waals surface area contributed by atoms with E-state index in [1.807, 2.05) is 54.7 Å². The molecule has 0 spiro atoms. The van der Waals surface area contributed by atoms with Crippen molar-refractivity contribution in [3.63, 3.8) is 0 Å². The fraction of sp³-hybridized carbons (Fsp3) is 0.237. The van der Waals surface area contributed by atoms with Crippen LogP contribution in [0.1, 0.15) is 26.3 Å². The van der Waals surface area contributed by atoms with Crippen molar-refractivity contribution in [2.24, 2.45) is 0 Å². The monoisotopic (exact) mass is 649 g/mol. The molecule has 2 aliphatic rings. The summed E-state index contributed by atoms with van der Waals surface area (Å²) in [6, 6.07) is 41.1. The minimum atomic E-state index is -2.19. The zero-order chi connectivity index (χ0) is 32.4. The van der Waals surface area contributed by atoms with Crippen LogP contribution in [0.15, 0.2) is 133 Å². The van der Waals surface area contributed by atoms with Gasteiger partial charge in [0.15, 0.2) is 0 Å². The standard InChI is InChI=1S/C38H37N2O4PS/c1-37(2,3)44-36(43)38(39-33(41)24-28-16-8-4-9-17-28)34(42)40-25-29(27-46-35(38)40)26-45(30-18-10-5-11-19-30,31-20-12-6-13-21-31)32-22-14-7-15-23-32/h4-23,25,35H,24,26-27H2,1-3H3/p+1/t35-,38?/m0/s1. The summed E-state index contributed by atoms with van der Waals surface area (Å²) < 4.78 is 5.77. The molecule has 4 aromatic carbocycles. The molecule has 6 nitrogen and oxygen atoms in total. The lowest BCUT2D eigenvalue weighted by Gasteiger charge is -2.54. The molecule has 2 aliphatic heterocycles. The fourth-order valence-corrected chi connectivity index (χ4v) is 12.0. The Morgan fingerprint density at radius 2 is 1.30 bits per heavy atom. The maximum Gasteiger partial charge on any atom is 0.345 e. The summed E-state index contributed by atoms with van der Waals surface area (Å²) >= 11 is 1.50. The number of carbonyl (C=O) groups excluding carboxylic acids is 3. The Morgan fingerprint density at radius 3 is 1.78 bits per heavy atom. The number of hydrogen-bond donors (Lipinski definition) is 1. The minimum Gasteiger partial charge on any atom is -0.458 e. The van der Waals surface area contributed by atoms with Crippen molar-refractivity contribution in [2.45, 2.75) is 43.7 Å². The molecular weight excluding hydrogens is 611 g/mol. The second-order valence-corrected chi connectivity index (χ2v) is 17.2. The number of thioether (sulfide) groups is 1. The highest BCUT2D eigenvalue weighted by atomic mass is 32.2. The van der Waals surface area contributed by atoms with Gasteiger partial charge in [-0.15, -0.1) is 11.8 Å². The van der Waals surface area contributed by atoms with Crippen molar-refractivity contribution >= 4 is 52.7 Å². The number of nitrogens with one attached hydrogen (secondary N) is 1. The van der Waals surface area contributed by atoms with E-state index in [1.165, 1.54) is 27.7 Å². The number of nitrogens with zero attached hydrogens (tertiary/aromatic N) is 1. The number of hydrogen-bond acceptors (Lipinski definition) is 5. The summed E-state index contributed by atoms with van der Waals surface area (Å²) in [7, 11) is -2.19. The van der Waals surface area contributed by atoms with Crippen LogP contribution in [0.2, 0.25) is 0 Å². The van der Waals surface area contributed by atoms with Crippen LogP contribution in [0.25, 0.3) is 0 Å². The Hall–Kier alpha value is -4.19. The highest BCUT2D eigenvalue weighted by molar-refractivity contribution is 8.00. The van der Waals surface area contributed by atoms with E-state index >= 15 is 0 Å². The van der Waals surface area contributed by atoms with E-state index in [4.69, 9.17) is 4.74 Å². The second-order valence-electron chi connectivity index (χ2n) is 12.7. The van der Waals surface area contributed by atoms with Crippen LogP contribution in [0, 0.1) is 0 Å². The zero-order valence-electron chi connectivity index (χ0n) is 26.3. The molecule has 46 heavy (non-hydrogen) atoms. The summed E-state index contributed by atoms with van der Waals surface area (Å²) in [6.07, 6.45) is 2.70. The summed E-state index contributed by atoms with van der Waals surface area (Å²) in [6.45, 7) is 5.28. The first-order chi connectivity index (χ1) is 22.1. The van der Waals surface area contributed by atoms with Gasteiger partial charge in [0.2, 0.25) is 11.4 Å². The number of benzene rings is 4. The molecule has 234 valence electrons. The molecule has 8 heteroatoms. The van der Waals surface area contributed by atoms with Gasteiger partial charge in [0.25, 0.3) is 5.91 Å². The Kier molecular flexibility index (Phi) is 8.91. The second kappa shape index (κ2) is 12.9. The number of fused-ring (bicyclic) bond motifs is 1. The summed E-state index contributed by atoms with van der Waals surface area (Å²) in [5.74, 6) is -0.998. The highest BCUT2D eigenvalue weighted by Crippen LogP contribution is 2.58. The van der Waals surface area contributed by atoms with Gasteiger partial charge in [0.1, 0.15) is 34.2 Å². The van der Waals surface area contributed by atoms with E-state index in [0.29, 0.717) is 5.75 Å². The van der Waals surface area contributed by atoms with Gasteiger partial charge in [-0.2, -0.15) is 0 Å². The molecule has 0 aliphatic carbocycles. The lowest BCUT2D eigenvalue weighted by atomic mass is 9.86. The SMILES string of the molecule is CC(C)(C)OC(=O)C1(NC(=O)Cc2ccccc2)C(=O)N2C=C(C[P+](c3ccccc3)(c3ccccc3)c3ccccc3)CS[C@H]21. The van der Waals surface area contributed by atoms with Gasteiger partial charge in [-0.25, -0.2) is 4.79 Å². The number of β-lactam (4-membered cyclic amide) rings is 1. The van der Waals surface area contributed by atoms with Gasteiger partial charge in [-0.3, -0.25) is 9.59 Å². The Labute approximate surface area is 275 Å². The average molecular weight is 650 g/mol. The Morgan fingerprint density at radius 1 is 0.826 bits per heavy atom. The topological polar surface area (TPSA) is 75.7 Å². The van der Waals surface area contributed by atoms with Crippen molar-refractivity contribution in [1.82, 2.24) is 10.2 Å². The van der Waals surface area contributed by atoms with Crippen molar-refractivity contribution in [2.75, 3.05) is 11.9 Å². The molecule has 2 heterocycles. The predicted octanol–water partition coefficient (Wildman–Crippen LogP) is 5.22. The zero-order valence-corrected chi connectivity index (χ0v) is 28.0. The molecule has 1 unspecified atom stereocenters. The van der Waals surface area contributed by atoms with Gasteiger partial charge in [0, 0.05) is 12.0 Å². The van der Waals surface area contributed by atoms with Gasteiger partial charge < -0.3 is 15.0 Å². The Bertz CT molecular complexity index is 1650. The largest absolute Gasteiger partial charge is 0.458 e. The normalized spacial score (nSPS) is 19.4. The first kappa shape index (κ1) is 31.8. The lowest BCUT2D eigenvalue weighted by Crippen LogP contribution is -2.82. The molecule has 1 fully saturated rings. The van der Waals surface area contributed by atoms with Crippen molar-refractivity contribution < 1.29 is 19.1 Å². The number of carbonyl (C=O) groups is 3. The highest BCUT2D eigenvalue weighted by Gasteiger charge is 2.69. The van der Waals surface area contributed by atoms with E-state index in [2.05, 4.69) is 78.1 Å². The third-order valence-corrected chi connectivity index (χ3v) is 14.1. The number of rotatable bonds is 9. The molecule has 2 amide bonds. The molecule has 2 atom stereocenters. The fourth-order valence-electron chi connectivity index (χ4n) is 6.23. The van der Waals surface area contributed by atoms with E-state index < -0.39 is 41.6 Å². The predicted molar refractivity (Wildman–Crippen MR) is 188 cm³/mol. The third kappa shape index (κ3) is 6.02. The average Bonchev–Trinajstić information content (AvgIpc) is 3.06. The molecule has 0 aromatic heterocycles. The van der Waals surface area contributed by atoms with Crippen LogP contribution >= 0.6 is 19.0 Å². The van der Waals surface area contributed by atoms with Crippen molar-refractivity contribution in [1.29, 1.82) is 0 Å². The summed E-state index contributed by atoms with van der Waals surface area (Å²) in [4.78, 5) is 42.8. The maximum absolute atomic E-state index is 14.1. The van der Waals surface area contributed by atoms with Gasteiger partial charge in [-0.05, 0) is 68.3 Å². The van der Waals surface area contributed by atoms with Crippen molar-refractivity contribution in [3.8, 4) is 0 Å².